The molecule has 0 aromatic carbocycles. The average Bonchev–Trinajstić information content (AvgIpc) is 3.09. The molecule has 2 saturated carbocycles. The zero-order chi connectivity index (χ0) is 10.7. The molecular weight excluding hydrogens is 206 g/mol. The number of nitriles is 1. The van der Waals surface area contributed by atoms with Crippen molar-refractivity contribution in [3.05, 3.63) is 0 Å². The van der Waals surface area contributed by atoms with Gasteiger partial charge in [-0.1, -0.05) is 11.8 Å². The molecule has 0 aromatic rings. The normalized spacial score (nSPS) is 21.5. The molecule has 0 aromatic heterocycles. The quantitative estimate of drug-likeness (QED) is 0.344. The molecule has 0 saturated heterocycles. The summed E-state index contributed by atoms with van der Waals surface area (Å²) < 4.78 is 0. The van der Waals surface area contributed by atoms with Gasteiger partial charge in [-0.05, 0) is 49.7 Å². The van der Waals surface area contributed by atoms with Crippen LogP contribution in [0.4, 0.5) is 0 Å². The van der Waals surface area contributed by atoms with Crippen molar-refractivity contribution in [2.45, 2.75) is 25.7 Å². The highest BCUT2D eigenvalue weighted by Gasteiger charge is 2.41. The van der Waals surface area contributed by atoms with Gasteiger partial charge in [-0.25, -0.2) is 0 Å². The maximum absolute atomic E-state index is 8.52. The summed E-state index contributed by atoms with van der Waals surface area (Å²) in [6.07, 6.45) is 9.48. The van der Waals surface area contributed by atoms with Gasteiger partial charge in [0, 0.05) is 6.54 Å². The van der Waals surface area contributed by atoms with Crippen molar-refractivity contribution in [2.75, 3.05) is 12.8 Å². The van der Waals surface area contributed by atoms with Gasteiger partial charge in [-0.15, -0.1) is 0 Å². The van der Waals surface area contributed by atoms with Crippen molar-refractivity contribution in [3.63, 3.8) is 0 Å². The average molecular weight is 223 g/mol. The van der Waals surface area contributed by atoms with E-state index in [4.69, 9.17) is 5.26 Å². The van der Waals surface area contributed by atoms with Crippen molar-refractivity contribution in [3.8, 4) is 6.19 Å². The summed E-state index contributed by atoms with van der Waals surface area (Å²) in [6, 6.07) is 0. The number of nitrogens with zero attached hydrogens (tertiary/aromatic N) is 2. The zero-order valence-electron chi connectivity index (χ0n) is 9.07. The van der Waals surface area contributed by atoms with Crippen LogP contribution in [-0.4, -0.2) is 18.0 Å². The third-order valence-electron chi connectivity index (χ3n) is 3.26. The number of hydrogen-bond acceptors (Lipinski definition) is 3. The van der Waals surface area contributed by atoms with Crippen LogP contribution in [0.25, 0.3) is 0 Å². The molecule has 0 heterocycles. The first-order valence-corrected chi connectivity index (χ1v) is 6.81. The van der Waals surface area contributed by atoms with Crippen LogP contribution in [0.15, 0.2) is 4.99 Å². The summed E-state index contributed by atoms with van der Waals surface area (Å²) in [5, 5.41) is 11.9. The maximum atomic E-state index is 8.52. The Morgan fingerprint density at radius 2 is 2.07 bits per heavy atom. The van der Waals surface area contributed by atoms with Gasteiger partial charge in [-0.2, -0.15) is 5.26 Å². The lowest BCUT2D eigenvalue weighted by molar-refractivity contribution is 0.418. The molecule has 0 spiro atoms. The molecule has 0 bridgehead atoms. The van der Waals surface area contributed by atoms with Crippen molar-refractivity contribution in [1.82, 2.24) is 5.32 Å². The van der Waals surface area contributed by atoms with E-state index in [1.165, 1.54) is 37.4 Å². The highest BCUT2D eigenvalue weighted by atomic mass is 32.2. The third kappa shape index (κ3) is 3.13. The molecule has 0 aliphatic heterocycles. The van der Waals surface area contributed by atoms with E-state index in [9.17, 15) is 0 Å². The molecule has 0 unspecified atom stereocenters. The van der Waals surface area contributed by atoms with Crippen molar-refractivity contribution >= 4 is 16.9 Å². The second-order valence-electron chi connectivity index (χ2n) is 4.43. The molecule has 2 aliphatic rings. The molecule has 2 rings (SSSR count). The predicted molar refractivity (Wildman–Crippen MR) is 63.5 cm³/mol. The molecule has 82 valence electrons. The smallest absolute Gasteiger partial charge is 0.183 e. The molecular formula is C11H17N3S. The molecule has 2 fully saturated rings. The fourth-order valence-electron chi connectivity index (χ4n) is 2.12. The first-order chi connectivity index (χ1) is 7.35. The van der Waals surface area contributed by atoms with Gasteiger partial charge >= 0.3 is 0 Å². The minimum absolute atomic E-state index is 0.767. The van der Waals surface area contributed by atoms with Gasteiger partial charge in [0.1, 0.15) is 0 Å². The largest absolute Gasteiger partial charge is 0.272 e. The monoisotopic (exact) mass is 223 g/mol. The minimum atomic E-state index is 0.767. The lowest BCUT2D eigenvalue weighted by Crippen LogP contribution is -2.17. The lowest BCUT2D eigenvalue weighted by Gasteiger charge is -2.12. The van der Waals surface area contributed by atoms with Gasteiger partial charge in [0.2, 0.25) is 0 Å². The van der Waals surface area contributed by atoms with Gasteiger partial charge in [0.15, 0.2) is 11.4 Å². The molecule has 4 heteroatoms. The zero-order valence-corrected chi connectivity index (χ0v) is 9.89. The Morgan fingerprint density at radius 3 is 2.47 bits per heavy atom. The summed E-state index contributed by atoms with van der Waals surface area (Å²) in [4.78, 5) is 4.50. The summed E-state index contributed by atoms with van der Waals surface area (Å²) in [5.74, 6) is 2.67. The van der Waals surface area contributed by atoms with Crippen LogP contribution in [0.5, 0.6) is 0 Å². The van der Waals surface area contributed by atoms with Crippen molar-refractivity contribution < 1.29 is 0 Å². The Bertz CT molecular complexity index is 275. The van der Waals surface area contributed by atoms with Crippen LogP contribution < -0.4 is 5.32 Å². The fraction of sp³-hybridized carbons (Fsp3) is 0.818. The van der Waals surface area contributed by atoms with Gasteiger partial charge in [0.05, 0.1) is 0 Å². The molecule has 3 nitrogen and oxygen atoms in total. The lowest BCUT2D eigenvalue weighted by atomic mass is 9.98. The SMILES string of the molecule is CSC(=NCC(C1CC1)C1CC1)NC#N. The number of aliphatic imine (C=N–C) groups is 1. The van der Waals surface area contributed by atoms with Crippen molar-refractivity contribution in [1.29, 1.82) is 5.26 Å². The summed E-state index contributed by atoms with van der Waals surface area (Å²) in [6.45, 7) is 0.917. The minimum Gasteiger partial charge on any atom is -0.272 e. The number of hydrogen-bond donors (Lipinski definition) is 1. The van der Waals surface area contributed by atoms with E-state index in [-0.39, 0.29) is 0 Å². The Balaban J connectivity index is 1.85. The van der Waals surface area contributed by atoms with E-state index >= 15 is 0 Å². The van der Waals surface area contributed by atoms with Gasteiger partial charge in [0.25, 0.3) is 0 Å². The molecule has 1 N–H and O–H groups in total. The van der Waals surface area contributed by atoms with Crippen LogP contribution in [0.3, 0.4) is 0 Å². The number of rotatable bonds is 4. The number of thioether (sulfide) groups is 1. The Labute approximate surface area is 95.3 Å². The first kappa shape index (κ1) is 10.8. The summed E-state index contributed by atoms with van der Waals surface area (Å²) in [5.41, 5.74) is 0. The molecule has 0 amide bonds. The van der Waals surface area contributed by atoms with Gasteiger partial charge in [-0.3, -0.25) is 10.3 Å². The molecule has 2 aliphatic carbocycles. The van der Waals surface area contributed by atoms with E-state index in [1.54, 1.807) is 0 Å². The topological polar surface area (TPSA) is 48.2 Å². The second kappa shape index (κ2) is 4.89. The summed E-state index contributed by atoms with van der Waals surface area (Å²) >= 11 is 1.52. The van der Waals surface area contributed by atoms with Crippen LogP contribution in [0.2, 0.25) is 0 Å². The van der Waals surface area contributed by atoms with Crippen LogP contribution in [-0.2, 0) is 0 Å². The second-order valence-corrected chi connectivity index (χ2v) is 5.22. The van der Waals surface area contributed by atoms with E-state index in [2.05, 4.69) is 10.3 Å². The molecule has 15 heavy (non-hydrogen) atoms. The Hall–Kier alpha value is -0.690. The first-order valence-electron chi connectivity index (χ1n) is 5.58. The highest BCUT2D eigenvalue weighted by molar-refractivity contribution is 8.13. The summed E-state index contributed by atoms with van der Waals surface area (Å²) in [7, 11) is 0. The highest BCUT2D eigenvalue weighted by Crippen LogP contribution is 2.49. The van der Waals surface area contributed by atoms with E-state index in [1.807, 2.05) is 12.4 Å². The van der Waals surface area contributed by atoms with Crippen molar-refractivity contribution in [2.24, 2.45) is 22.7 Å². The van der Waals surface area contributed by atoms with E-state index in [0.717, 1.165) is 29.5 Å². The van der Waals surface area contributed by atoms with Crippen LogP contribution in [0, 0.1) is 29.2 Å². The number of nitrogens with one attached hydrogen (secondary N) is 1. The van der Waals surface area contributed by atoms with Gasteiger partial charge < -0.3 is 0 Å². The Kier molecular flexibility index (Phi) is 3.53. The fourth-order valence-corrected chi connectivity index (χ4v) is 2.47. The standard InChI is InChI=1S/C11H17N3S/c1-15-11(14-7-12)13-6-10(8-2-3-8)9-4-5-9/h8-10H,2-6H2,1H3,(H,13,14). The molecule has 0 radical (unpaired) electrons. The van der Waals surface area contributed by atoms with Crippen LogP contribution >= 0.6 is 11.8 Å². The molecule has 0 atom stereocenters. The number of amidine groups is 1. The van der Waals surface area contributed by atoms with E-state index in [0.29, 0.717) is 0 Å². The predicted octanol–water partition coefficient (Wildman–Crippen LogP) is 2.21. The Morgan fingerprint density at radius 1 is 1.47 bits per heavy atom. The van der Waals surface area contributed by atoms with E-state index < -0.39 is 0 Å². The third-order valence-corrected chi connectivity index (χ3v) is 3.87. The van der Waals surface area contributed by atoms with Crippen LogP contribution in [0.1, 0.15) is 25.7 Å². The maximum Gasteiger partial charge on any atom is 0.183 e.